The van der Waals surface area contributed by atoms with Crippen LogP contribution in [0.3, 0.4) is 0 Å². The Morgan fingerprint density at radius 1 is 1.12 bits per heavy atom. The van der Waals surface area contributed by atoms with Crippen molar-refractivity contribution in [2.75, 3.05) is 18.0 Å². The van der Waals surface area contributed by atoms with Crippen molar-refractivity contribution in [2.24, 2.45) is 0 Å². The van der Waals surface area contributed by atoms with Crippen LogP contribution in [-0.2, 0) is 19.3 Å². The van der Waals surface area contributed by atoms with Gasteiger partial charge in [0.05, 0.1) is 5.52 Å². The van der Waals surface area contributed by atoms with E-state index in [0.29, 0.717) is 0 Å². The molecule has 0 radical (unpaired) electrons. The van der Waals surface area contributed by atoms with Crippen molar-refractivity contribution in [1.82, 2.24) is 15.0 Å². The summed E-state index contributed by atoms with van der Waals surface area (Å²) in [5.41, 5.74) is 6.07. The van der Waals surface area contributed by atoms with E-state index in [1.165, 1.54) is 28.0 Å². The summed E-state index contributed by atoms with van der Waals surface area (Å²) >= 11 is 0. The van der Waals surface area contributed by atoms with E-state index in [-0.39, 0.29) is 0 Å². The van der Waals surface area contributed by atoms with Crippen molar-refractivity contribution in [3.63, 3.8) is 0 Å². The summed E-state index contributed by atoms with van der Waals surface area (Å²) in [7, 11) is 0. The van der Waals surface area contributed by atoms with E-state index in [4.69, 9.17) is 4.98 Å². The third kappa shape index (κ3) is 2.84. The number of fused-ring (bicyclic) bond motifs is 2. The highest BCUT2D eigenvalue weighted by molar-refractivity contribution is 5.92. The van der Waals surface area contributed by atoms with Crippen LogP contribution in [0.4, 0.5) is 5.69 Å². The molecule has 0 N–H and O–H groups in total. The maximum Gasteiger partial charge on any atom is 0.115 e. The summed E-state index contributed by atoms with van der Waals surface area (Å²) < 4.78 is 0. The predicted octanol–water partition coefficient (Wildman–Crippen LogP) is 3.58. The van der Waals surface area contributed by atoms with Crippen LogP contribution < -0.4 is 4.90 Å². The number of anilines is 1. The molecule has 0 fully saturated rings. The van der Waals surface area contributed by atoms with E-state index in [2.05, 4.69) is 52.1 Å². The number of aromatic nitrogens is 3. The summed E-state index contributed by atoms with van der Waals surface area (Å²) in [6.45, 7) is 4.20. The van der Waals surface area contributed by atoms with Gasteiger partial charge in [-0.3, -0.25) is 4.98 Å². The number of rotatable bonds is 3. The van der Waals surface area contributed by atoms with Crippen LogP contribution >= 0.6 is 0 Å². The van der Waals surface area contributed by atoms with Crippen molar-refractivity contribution in [1.29, 1.82) is 0 Å². The molecule has 4 nitrogen and oxygen atoms in total. The van der Waals surface area contributed by atoms with Crippen LogP contribution in [0.1, 0.15) is 30.3 Å². The second kappa shape index (κ2) is 6.56. The Labute approximate surface area is 142 Å². The highest BCUT2D eigenvalue weighted by Crippen LogP contribution is 2.29. The zero-order valence-corrected chi connectivity index (χ0v) is 14.1. The molecule has 3 aromatic rings. The molecule has 1 aliphatic heterocycles. The SMILES string of the molecule is CCCc1cc(N2CCc3cncnc3CC2)c2ccccc2n1. The van der Waals surface area contributed by atoms with E-state index in [0.717, 1.165) is 44.3 Å². The van der Waals surface area contributed by atoms with Gasteiger partial charge in [-0.25, -0.2) is 9.97 Å². The van der Waals surface area contributed by atoms with Gasteiger partial charge in [0, 0.05) is 48.2 Å². The van der Waals surface area contributed by atoms with E-state index in [1.54, 1.807) is 6.33 Å². The summed E-state index contributed by atoms with van der Waals surface area (Å²) in [4.78, 5) is 16.0. The van der Waals surface area contributed by atoms with Crippen molar-refractivity contribution in [3.05, 3.63) is 59.8 Å². The summed E-state index contributed by atoms with van der Waals surface area (Å²) in [5.74, 6) is 0. The van der Waals surface area contributed by atoms with Crippen LogP contribution in [0.15, 0.2) is 42.9 Å². The minimum absolute atomic E-state index is 0.970. The van der Waals surface area contributed by atoms with Crippen molar-refractivity contribution in [3.8, 4) is 0 Å². The maximum absolute atomic E-state index is 4.83. The van der Waals surface area contributed by atoms with E-state index < -0.39 is 0 Å². The first kappa shape index (κ1) is 15.1. The number of hydrogen-bond donors (Lipinski definition) is 0. The lowest BCUT2D eigenvalue weighted by molar-refractivity contribution is 0.801. The van der Waals surface area contributed by atoms with Gasteiger partial charge in [0.25, 0.3) is 0 Å². The topological polar surface area (TPSA) is 41.9 Å². The van der Waals surface area contributed by atoms with Gasteiger partial charge in [-0.1, -0.05) is 31.5 Å². The van der Waals surface area contributed by atoms with Crippen molar-refractivity contribution >= 4 is 16.6 Å². The number of hydrogen-bond acceptors (Lipinski definition) is 4. The molecule has 3 heterocycles. The Balaban J connectivity index is 1.73. The molecule has 24 heavy (non-hydrogen) atoms. The van der Waals surface area contributed by atoms with Gasteiger partial charge in [0.2, 0.25) is 0 Å². The largest absolute Gasteiger partial charge is 0.370 e. The third-order valence-electron chi connectivity index (χ3n) is 4.75. The van der Waals surface area contributed by atoms with Crippen LogP contribution in [0.2, 0.25) is 0 Å². The van der Waals surface area contributed by atoms with E-state index in [1.807, 2.05) is 6.20 Å². The normalized spacial score (nSPS) is 14.5. The quantitative estimate of drug-likeness (QED) is 0.740. The van der Waals surface area contributed by atoms with E-state index in [9.17, 15) is 0 Å². The van der Waals surface area contributed by atoms with Crippen LogP contribution in [0.5, 0.6) is 0 Å². The Hall–Kier alpha value is -2.49. The number of benzene rings is 1. The Morgan fingerprint density at radius 2 is 2.00 bits per heavy atom. The molecule has 0 amide bonds. The standard InChI is InChI=1S/C20H22N4/c1-2-5-16-12-20(17-6-3-4-7-19(17)23-16)24-10-8-15-13-21-14-22-18(15)9-11-24/h3-4,6-7,12-14H,2,5,8-11H2,1H3. The summed E-state index contributed by atoms with van der Waals surface area (Å²) in [6.07, 6.45) is 7.74. The molecule has 0 aliphatic carbocycles. The second-order valence-electron chi connectivity index (χ2n) is 6.38. The third-order valence-corrected chi connectivity index (χ3v) is 4.75. The van der Waals surface area contributed by atoms with Crippen molar-refractivity contribution < 1.29 is 0 Å². The molecule has 2 aromatic heterocycles. The Kier molecular flexibility index (Phi) is 4.11. The Bertz CT molecular complexity index is 832. The summed E-state index contributed by atoms with van der Waals surface area (Å²) in [6, 6.07) is 10.8. The molecule has 4 heteroatoms. The van der Waals surface area contributed by atoms with Gasteiger partial charge in [0.15, 0.2) is 0 Å². The van der Waals surface area contributed by atoms with Gasteiger partial charge in [0.1, 0.15) is 6.33 Å². The fraction of sp³-hybridized carbons (Fsp3) is 0.350. The minimum Gasteiger partial charge on any atom is -0.370 e. The molecule has 0 spiro atoms. The molecule has 0 saturated heterocycles. The number of nitrogens with zero attached hydrogens (tertiary/aromatic N) is 4. The molecule has 1 aromatic carbocycles. The lowest BCUT2D eigenvalue weighted by Crippen LogP contribution is -2.26. The van der Waals surface area contributed by atoms with Crippen LogP contribution in [-0.4, -0.2) is 28.0 Å². The second-order valence-corrected chi connectivity index (χ2v) is 6.38. The van der Waals surface area contributed by atoms with Crippen LogP contribution in [0.25, 0.3) is 10.9 Å². The lowest BCUT2D eigenvalue weighted by atomic mass is 10.1. The fourth-order valence-corrected chi connectivity index (χ4v) is 3.52. The number of para-hydroxylation sites is 1. The maximum atomic E-state index is 4.83. The van der Waals surface area contributed by atoms with Crippen LogP contribution in [0, 0.1) is 0 Å². The molecule has 122 valence electrons. The molecule has 0 atom stereocenters. The zero-order chi connectivity index (χ0) is 16.4. The molecule has 0 unspecified atom stereocenters. The lowest BCUT2D eigenvalue weighted by Gasteiger charge is -2.25. The summed E-state index contributed by atoms with van der Waals surface area (Å²) in [5, 5.41) is 1.24. The molecule has 0 bridgehead atoms. The first-order valence-electron chi connectivity index (χ1n) is 8.76. The fourth-order valence-electron chi connectivity index (χ4n) is 3.52. The van der Waals surface area contributed by atoms with Crippen molar-refractivity contribution in [2.45, 2.75) is 32.6 Å². The highest BCUT2D eigenvalue weighted by atomic mass is 15.1. The number of pyridine rings is 1. The van der Waals surface area contributed by atoms with E-state index >= 15 is 0 Å². The molecular formula is C20H22N4. The van der Waals surface area contributed by atoms with Gasteiger partial charge in [-0.15, -0.1) is 0 Å². The molecular weight excluding hydrogens is 296 g/mol. The average molecular weight is 318 g/mol. The van der Waals surface area contributed by atoms with Gasteiger partial charge in [-0.05, 0) is 30.5 Å². The first-order valence-corrected chi connectivity index (χ1v) is 8.76. The van der Waals surface area contributed by atoms with Gasteiger partial charge < -0.3 is 4.90 Å². The average Bonchev–Trinajstić information content (AvgIpc) is 2.84. The zero-order valence-electron chi connectivity index (χ0n) is 14.1. The smallest absolute Gasteiger partial charge is 0.115 e. The number of aryl methyl sites for hydroxylation is 1. The minimum atomic E-state index is 0.970. The van der Waals surface area contributed by atoms with Gasteiger partial charge in [-0.2, -0.15) is 0 Å². The first-order chi connectivity index (χ1) is 11.8. The monoisotopic (exact) mass is 318 g/mol. The van der Waals surface area contributed by atoms with Gasteiger partial charge >= 0.3 is 0 Å². The molecule has 4 rings (SSSR count). The Morgan fingerprint density at radius 3 is 2.92 bits per heavy atom. The predicted molar refractivity (Wildman–Crippen MR) is 97.4 cm³/mol. The molecule has 0 saturated carbocycles. The molecule has 1 aliphatic rings. The highest BCUT2D eigenvalue weighted by Gasteiger charge is 2.18.